The number of anilines is 1. The predicted octanol–water partition coefficient (Wildman–Crippen LogP) is 1.65. The van der Waals surface area contributed by atoms with Gasteiger partial charge >= 0.3 is 0 Å². The molecule has 1 N–H and O–H groups in total. The first-order valence-electron chi connectivity index (χ1n) is 6.42. The van der Waals surface area contributed by atoms with E-state index in [-0.39, 0.29) is 0 Å². The van der Waals surface area contributed by atoms with Crippen molar-refractivity contribution in [2.45, 2.75) is 26.2 Å². The maximum Gasteiger partial charge on any atom is 0.132 e. The molecule has 0 amide bonds. The van der Waals surface area contributed by atoms with E-state index in [1.807, 2.05) is 7.05 Å². The van der Waals surface area contributed by atoms with Crippen LogP contribution in [0.2, 0.25) is 0 Å². The molecule has 1 fully saturated rings. The van der Waals surface area contributed by atoms with Gasteiger partial charge in [0.1, 0.15) is 12.1 Å². The molecule has 1 saturated heterocycles. The van der Waals surface area contributed by atoms with Gasteiger partial charge in [0.15, 0.2) is 0 Å². The first-order chi connectivity index (χ1) is 8.20. The van der Waals surface area contributed by atoms with Crippen molar-refractivity contribution in [2.75, 3.05) is 31.6 Å². The van der Waals surface area contributed by atoms with E-state index in [1.165, 1.54) is 6.42 Å². The fourth-order valence-corrected chi connectivity index (χ4v) is 2.35. The molecule has 1 aliphatic rings. The molecule has 4 nitrogen and oxygen atoms in total. The van der Waals surface area contributed by atoms with Gasteiger partial charge in [-0.05, 0) is 31.8 Å². The summed E-state index contributed by atoms with van der Waals surface area (Å²) < 4.78 is 0. The summed E-state index contributed by atoms with van der Waals surface area (Å²) >= 11 is 0. The second kappa shape index (κ2) is 5.45. The monoisotopic (exact) mass is 234 g/mol. The lowest BCUT2D eigenvalue weighted by Crippen LogP contribution is -2.25. The van der Waals surface area contributed by atoms with Crippen LogP contribution >= 0.6 is 0 Å². The Morgan fingerprint density at radius 2 is 2.29 bits per heavy atom. The number of nitrogens with zero attached hydrogens (tertiary/aromatic N) is 3. The van der Waals surface area contributed by atoms with Gasteiger partial charge in [0.2, 0.25) is 0 Å². The van der Waals surface area contributed by atoms with Gasteiger partial charge in [-0.1, -0.05) is 13.8 Å². The zero-order valence-corrected chi connectivity index (χ0v) is 11.0. The van der Waals surface area contributed by atoms with Crippen LogP contribution in [0.3, 0.4) is 0 Å². The van der Waals surface area contributed by atoms with Gasteiger partial charge in [0.05, 0.1) is 0 Å². The molecule has 1 aromatic rings. The molecule has 1 atom stereocenters. The second-order valence-corrected chi connectivity index (χ2v) is 5.11. The van der Waals surface area contributed by atoms with Gasteiger partial charge in [0.25, 0.3) is 0 Å². The smallest absolute Gasteiger partial charge is 0.132 e. The normalized spacial score (nSPS) is 20.2. The van der Waals surface area contributed by atoms with Crippen LogP contribution in [0.15, 0.2) is 12.4 Å². The van der Waals surface area contributed by atoms with E-state index in [1.54, 1.807) is 6.33 Å². The van der Waals surface area contributed by atoms with Crippen LogP contribution < -0.4 is 10.2 Å². The molecule has 0 saturated carbocycles. The average Bonchev–Trinajstić information content (AvgIpc) is 2.78. The van der Waals surface area contributed by atoms with Gasteiger partial charge in [-0.15, -0.1) is 0 Å². The van der Waals surface area contributed by atoms with Gasteiger partial charge in [0, 0.05) is 24.8 Å². The summed E-state index contributed by atoms with van der Waals surface area (Å²) in [6.45, 7) is 7.65. The molecule has 0 aromatic carbocycles. The van der Waals surface area contributed by atoms with Crippen molar-refractivity contribution < 1.29 is 0 Å². The third kappa shape index (κ3) is 2.94. The molecule has 17 heavy (non-hydrogen) atoms. The largest absolute Gasteiger partial charge is 0.356 e. The Morgan fingerprint density at radius 3 is 3.00 bits per heavy atom. The minimum Gasteiger partial charge on any atom is -0.356 e. The Labute approximate surface area is 103 Å². The zero-order chi connectivity index (χ0) is 12.3. The van der Waals surface area contributed by atoms with Crippen molar-refractivity contribution in [2.24, 2.45) is 5.92 Å². The molecule has 0 spiro atoms. The molecular weight excluding hydrogens is 212 g/mol. The maximum absolute atomic E-state index is 4.39. The molecule has 0 bridgehead atoms. The first-order valence-corrected chi connectivity index (χ1v) is 6.42. The summed E-state index contributed by atoms with van der Waals surface area (Å²) in [5.74, 6) is 2.30. The van der Waals surface area contributed by atoms with E-state index in [0.717, 1.165) is 37.1 Å². The number of nitrogens with one attached hydrogen (secondary N) is 1. The van der Waals surface area contributed by atoms with Crippen LogP contribution in [0.1, 0.15) is 31.9 Å². The third-order valence-corrected chi connectivity index (χ3v) is 3.37. The Morgan fingerprint density at radius 1 is 1.47 bits per heavy atom. The average molecular weight is 234 g/mol. The van der Waals surface area contributed by atoms with E-state index in [4.69, 9.17) is 0 Å². The van der Waals surface area contributed by atoms with Crippen LogP contribution in [0.5, 0.6) is 0 Å². The fraction of sp³-hybridized carbons (Fsp3) is 0.692. The summed E-state index contributed by atoms with van der Waals surface area (Å²) in [6, 6.07) is 2.13. The molecule has 2 rings (SSSR count). The van der Waals surface area contributed by atoms with Gasteiger partial charge in [-0.2, -0.15) is 0 Å². The molecule has 94 valence electrons. The van der Waals surface area contributed by atoms with Crippen molar-refractivity contribution in [3.8, 4) is 0 Å². The standard InChI is InChI=1S/C13H22N4/c1-10(2)12-6-13(16-9-15-12)17-5-4-11(8-17)7-14-3/h6,9-11,14H,4-5,7-8H2,1-3H3. The van der Waals surface area contributed by atoms with E-state index in [9.17, 15) is 0 Å². The molecule has 1 aromatic heterocycles. The van der Waals surface area contributed by atoms with Crippen LogP contribution in [-0.4, -0.2) is 36.6 Å². The van der Waals surface area contributed by atoms with Gasteiger partial charge in [-0.3, -0.25) is 0 Å². The third-order valence-electron chi connectivity index (χ3n) is 3.37. The summed E-state index contributed by atoms with van der Waals surface area (Å²) in [5.41, 5.74) is 1.13. The van der Waals surface area contributed by atoms with E-state index < -0.39 is 0 Å². The predicted molar refractivity (Wildman–Crippen MR) is 70.4 cm³/mol. The van der Waals surface area contributed by atoms with Crippen molar-refractivity contribution in [1.82, 2.24) is 15.3 Å². The maximum atomic E-state index is 4.39. The lowest BCUT2D eigenvalue weighted by atomic mass is 10.1. The summed E-state index contributed by atoms with van der Waals surface area (Å²) in [6.07, 6.45) is 2.94. The number of hydrogen-bond donors (Lipinski definition) is 1. The quantitative estimate of drug-likeness (QED) is 0.860. The van der Waals surface area contributed by atoms with Crippen LogP contribution in [-0.2, 0) is 0 Å². The topological polar surface area (TPSA) is 41.0 Å². The van der Waals surface area contributed by atoms with Crippen LogP contribution in [0.25, 0.3) is 0 Å². The van der Waals surface area contributed by atoms with Gasteiger partial charge in [-0.25, -0.2) is 9.97 Å². The van der Waals surface area contributed by atoms with E-state index >= 15 is 0 Å². The molecule has 1 unspecified atom stereocenters. The highest BCUT2D eigenvalue weighted by Crippen LogP contribution is 2.23. The SMILES string of the molecule is CNCC1CCN(c2cc(C(C)C)ncn2)C1. The van der Waals surface area contributed by atoms with Gasteiger partial charge < -0.3 is 10.2 Å². The Bertz CT molecular complexity index is 364. The summed E-state index contributed by atoms with van der Waals surface area (Å²) in [4.78, 5) is 11.1. The van der Waals surface area contributed by atoms with Crippen molar-refractivity contribution in [1.29, 1.82) is 0 Å². The molecule has 2 heterocycles. The lowest BCUT2D eigenvalue weighted by molar-refractivity contribution is 0.549. The second-order valence-electron chi connectivity index (χ2n) is 5.11. The minimum atomic E-state index is 0.465. The molecule has 1 aliphatic heterocycles. The van der Waals surface area contributed by atoms with Crippen molar-refractivity contribution in [3.63, 3.8) is 0 Å². The number of aromatic nitrogens is 2. The number of rotatable bonds is 4. The highest BCUT2D eigenvalue weighted by Gasteiger charge is 2.23. The molecular formula is C13H22N4. The van der Waals surface area contributed by atoms with E-state index in [0.29, 0.717) is 5.92 Å². The highest BCUT2D eigenvalue weighted by molar-refractivity contribution is 5.40. The lowest BCUT2D eigenvalue weighted by Gasteiger charge is -2.18. The van der Waals surface area contributed by atoms with Crippen molar-refractivity contribution in [3.05, 3.63) is 18.1 Å². The Kier molecular flexibility index (Phi) is 3.94. The Balaban J connectivity index is 2.05. The number of hydrogen-bond acceptors (Lipinski definition) is 4. The van der Waals surface area contributed by atoms with E-state index in [2.05, 4.69) is 40.1 Å². The van der Waals surface area contributed by atoms with Crippen molar-refractivity contribution >= 4 is 5.82 Å². The first kappa shape index (κ1) is 12.3. The molecule has 0 radical (unpaired) electrons. The fourth-order valence-electron chi connectivity index (χ4n) is 2.35. The zero-order valence-electron chi connectivity index (χ0n) is 11.0. The van der Waals surface area contributed by atoms with Crippen LogP contribution in [0, 0.1) is 5.92 Å². The Hall–Kier alpha value is -1.16. The highest BCUT2D eigenvalue weighted by atomic mass is 15.2. The molecule has 4 heteroatoms. The minimum absolute atomic E-state index is 0.465. The summed E-state index contributed by atoms with van der Waals surface area (Å²) in [7, 11) is 2.02. The molecule has 0 aliphatic carbocycles. The van der Waals surface area contributed by atoms with Crippen LogP contribution in [0.4, 0.5) is 5.82 Å². The summed E-state index contributed by atoms with van der Waals surface area (Å²) in [5, 5.41) is 3.25.